The van der Waals surface area contributed by atoms with E-state index >= 15 is 0 Å². The Kier molecular flexibility index (Phi) is 4.68. The normalized spacial score (nSPS) is 18.4. The largest absolute Gasteiger partial charge is 0.354 e. The lowest BCUT2D eigenvalue weighted by atomic mass is 10.1. The molecule has 1 aliphatic heterocycles. The van der Waals surface area contributed by atoms with Crippen LogP contribution in [0.3, 0.4) is 0 Å². The number of carbonyl (C=O) groups is 1. The predicted molar refractivity (Wildman–Crippen MR) is 92.1 cm³/mol. The summed E-state index contributed by atoms with van der Waals surface area (Å²) >= 11 is 1.26. The molecule has 1 aliphatic rings. The summed E-state index contributed by atoms with van der Waals surface area (Å²) < 4.78 is 31.8. The van der Waals surface area contributed by atoms with E-state index in [-0.39, 0.29) is 5.91 Å². The van der Waals surface area contributed by atoms with Gasteiger partial charge in [0, 0.05) is 31.6 Å². The van der Waals surface area contributed by atoms with Crippen molar-refractivity contribution in [2.45, 2.75) is 32.2 Å². The van der Waals surface area contributed by atoms with Gasteiger partial charge in [-0.05, 0) is 39.6 Å². The van der Waals surface area contributed by atoms with Gasteiger partial charge in [0.05, 0.1) is 9.75 Å². The van der Waals surface area contributed by atoms with Crippen LogP contribution in [0.5, 0.6) is 0 Å². The number of likely N-dealkylation sites (tertiary alicyclic amines) is 1. The molecule has 0 aromatic carbocycles. The summed E-state index contributed by atoms with van der Waals surface area (Å²) in [7, 11) is 4.02. The van der Waals surface area contributed by atoms with E-state index in [9.17, 15) is 13.6 Å². The summed E-state index contributed by atoms with van der Waals surface area (Å²) in [5.74, 6) is -3.54. The molecule has 25 heavy (non-hydrogen) atoms. The molecule has 0 aliphatic carbocycles. The van der Waals surface area contributed by atoms with E-state index in [0.717, 1.165) is 19.9 Å². The van der Waals surface area contributed by atoms with E-state index in [1.54, 1.807) is 19.1 Å². The van der Waals surface area contributed by atoms with Crippen LogP contribution in [0, 0.1) is 6.92 Å². The van der Waals surface area contributed by atoms with Crippen LogP contribution >= 0.6 is 11.3 Å². The van der Waals surface area contributed by atoms with Gasteiger partial charge in [0.1, 0.15) is 5.69 Å². The molecule has 0 bridgehead atoms. The third kappa shape index (κ3) is 3.46. The summed E-state index contributed by atoms with van der Waals surface area (Å²) in [4.78, 5) is 17.9. The molecule has 8 heteroatoms. The fourth-order valence-corrected chi connectivity index (χ4v) is 4.07. The molecular weight excluding hydrogens is 348 g/mol. The van der Waals surface area contributed by atoms with Crippen LogP contribution in [0.15, 0.2) is 16.7 Å². The van der Waals surface area contributed by atoms with Gasteiger partial charge in [-0.1, -0.05) is 5.16 Å². The second-order valence-corrected chi connectivity index (χ2v) is 7.78. The van der Waals surface area contributed by atoms with Gasteiger partial charge in [0.25, 0.3) is 5.91 Å². The third-order valence-electron chi connectivity index (χ3n) is 4.55. The number of hydrogen-bond acceptors (Lipinski definition) is 5. The van der Waals surface area contributed by atoms with Gasteiger partial charge >= 0.3 is 5.92 Å². The summed E-state index contributed by atoms with van der Waals surface area (Å²) in [5, 5.41) is 3.78. The quantitative estimate of drug-likeness (QED) is 0.826. The van der Waals surface area contributed by atoms with E-state index in [2.05, 4.69) is 10.1 Å². The molecule has 2 aromatic rings. The average Bonchev–Trinajstić information content (AvgIpc) is 3.24. The van der Waals surface area contributed by atoms with Gasteiger partial charge in [-0.3, -0.25) is 4.79 Å². The summed E-state index contributed by atoms with van der Waals surface area (Å²) in [5.41, 5.74) is 0.676. The van der Waals surface area contributed by atoms with Crippen LogP contribution in [0.1, 0.15) is 34.3 Å². The molecule has 1 fully saturated rings. The van der Waals surface area contributed by atoms with Crippen molar-refractivity contribution in [1.82, 2.24) is 15.0 Å². The van der Waals surface area contributed by atoms with E-state index in [1.807, 2.05) is 19.0 Å². The summed E-state index contributed by atoms with van der Waals surface area (Å²) in [6.45, 7) is 3.77. The number of carbonyl (C=O) groups excluding carboxylic acids is 1. The first kappa shape index (κ1) is 18.0. The topological polar surface area (TPSA) is 49.6 Å². The highest BCUT2D eigenvalue weighted by molar-refractivity contribution is 7.17. The van der Waals surface area contributed by atoms with Crippen LogP contribution in [-0.4, -0.2) is 54.1 Å². The number of amides is 1. The van der Waals surface area contributed by atoms with Gasteiger partial charge in [-0.2, -0.15) is 8.78 Å². The highest BCUT2D eigenvalue weighted by Crippen LogP contribution is 2.37. The Bertz CT molecular complexity index is 779. The first-order valence-electron chi connectivity index (χ1n) is 8.09. The number of rotatable bonds is 4. The number of nitrogens with zero attached hydrogens (tertiary/aromatic N) is 3. The fourth-order valence-electron chi connectivity index (χ4n) is 3.06. The van der Waals surface area contributed by atoms with Gasteiger partial charge < -0.3 is 14.3 Å². The molecule has 0 saturated carbocycles. The van der Waals surface area contributed by atoms with Crippen molar-refractivity contribution in [1.29, 1.82) is 0 Å². The van der Waals surface area contributed by atoms with Crippen molar-refractivity contribution in [3.63, 3.8) is 0 Å². The summed E-state index contributed by atoms with van der Waals surface area (Å²) in [6.07, 6.45) is 0.953. The second-order valence-electron chi connectivity index (χ2n) is 6.69. The van der Waals surface area contributed by atoms with Crippen molar-refractivity contribution < 1.29 is 18.1 Å². The average molecular weight is 369 g/mol. The number of halogens is 2. The second kappa shape index (κ2) is 6.49. The lowest BCUT2D eigenvalue weighted by Gasteiger charge is -2.19. The van der Waals surface area contributed by atoms with Gasteiger partial charge in [-0.15, -0.1) is 11.3 Å². The molecule has 1 atom stereocenters. The Hall–Kier alpha value is -1.80. The van der Waals surface area contributed by atoms with Crippen molar-refractivity contribution >= 4 is 17.2 Å². The Morgan fingerprint density at radius 1 is 1.44 bits per heavy atom. The van der Waals surface area contributed by atoms with E-state index < -0.39 is 11.7 Å². The SMILES string of the molecule is Cc1c(-c2ccc(C(=O)N3CCC(N(C)C)C3)s2)noc1C(C)(F)F. The highest BCUT2D eigenvalue weighted by Gasteiger charge is 2.34. The molecule has 2 aromatic heterocycles. The maximum atomic E-state index is 13.5. The van der Waals surface area contributed by atoms with E-state index in [1.165, 1.54) is 11.3 Å². The lowest BCUT2D eigenvalue weighted by Crippen LogP contribution is -2.34. The lowest BCUT2D eigenvalue weighted by molar-refractivity contribution is -0.0112. The first-order valence-corrected chi connectivity index (χ1v) is 8.90. The van der Waals surface area contributed by atoms with E-state index in [4.69, 9.17) is 4.52 Å². The molecule has 0 N–H and O–H groups in total. The number of aromatic nitrogens is 1. The van der Waals surface area contributed by atoms with Crippen LogP contribution in [0.4, 0.5) is 8.78 Å². The maximum absolute atomic E-state index is 13.5. The Morgan fingerprint density at radius 3 is 2.72 bits per heavy atom. The monoisotopic (exact) mass is 369 g/mol. The minimum Gasteiger partial charge on any atom is -0.354 e. The van der Waals surface area contributed by atoms with Gasteiger partial charge in [0.2, 0.25) is 5.76 Å². The molecule has 1 unspecified atom stereocenters. The maximum Gasteiger partial charge on any atom is 0.304 e. The standard InChI is InChI=1S/C17H21F2N3O2S/c1-10-14(20-24-15(10)17(2,18)19)12-5-6-13(25-12)16(23)22-8-7-11(9-22)21(3)4/h5-6,11H,7-9H2,1-4H3. The van der Waals surface area contributed by atoms with Crippen molar-refractivity contribution in [2.75, 3.05) is 27.2 Å². The fraction of sp³-hybridized carbons (Fsp3) is 0.529. The highest BCUT2D eigenvalue weighted by atomic mass is 32.1. The zero-order valence-electron chi connectivity index (χ0n) is 14.7. The van der Waals surface area contributed by atoms with Crippen molar-refractivity contribution in [2.24, 2.45) is 0 Å². The molecule has 3 rings (SSSR count). The predicted octanol–water partition coefficient (Wildman–Crippen LogP) is 3.60. The Balaban J connectivity index is 1.79. The zero-order valence-corrected chi connectivity index (χ0v) is 15.5. The van der Waals surface area contributed by atoms with Gasteiger partial charge in [-0.25, -0.2) is 0 Å². The minimum absolute atomic E-state index is 0.0252. The third-order valence-corrected chi connectivity index (χ3v) is 5.63. The van der Waals surface area contributed by atoms with Crippen LogP contribution < -0.4 is 0 Å². The zero-order chi connectivity index (χ0) is 18.4. The Morgan fingerprint density at radius 2 is 2.16 bits per heavy atom. The number of alkyl halides is 2. The molecular formula is C17H21F2N3O2S. The van der Waals surface area contributed by atoms with Crippen molar-refractivity contribution in [3.05, 3.63) is 28.3 Å². The van der Waals surface area contributed by atoms with E-state index in [0.29, 0.717) is 33.6 Å². The minimum atomic E-state index is -3.08. The van der Waals surface area contributed by atoms with Crippen LogP contribution in [0.2, 0.25) is 0 Å². The first-order chi connectivity index (χ1) is 11.7. The molecule has 3 heterocycles. The molecule has 1 saturated heterocycles. The number of hydrogen-bond donors (Lipinski definition) is 0. The molecule has 1 amide bonds. The van der Waals surface area contributed by atoms with Crippen molar-refractivity contribution in [3.8, 4) is 10.6 Å². The Labute approximate surface area is 149 Å². The summed E-state index contributed by atoms with van der Waals surface area (Å²) in [6, 6.07) is 3.83. The number of thiophene rings is 1. The molecule has 0 spiro atoms. The molecule has 0 radical (unpaired) electrons. The van der Waals surface area contributed by atoms with Crippen LogP contribution in [-0.2, 0) is 5.92 Å². The number of likely N-dealkylation sites (N-methyl/N-ethyl adjacent to an activating group) is 1. The van der Waals surface area contributed by atoms with Crippen LogP contribution in [0.25, 0.3) is 10.6 Å². The smallest absolute Gasteiger partial charge is 0.304 e. The van der Waals surface area contributed by atoms with Gasteiger partial charge in [0.15, 0.2) is 0 Å². The molecule has 5 nitrogen and oxygen atoms in total. The molecule has 136 valence electrons.